The second kappa shape index (κ2) is 13.5. The molecule has 0 radical (unpaired) electrons. The van der Waals surface area contributed by atoms with Crippen LogP contribution in [0.2, 0.25) is 0 Å². The Labute approximate surface area is 139 Å². The summed E-state index contributed by atoms with van der Waals surface area (Å²) in [6, 6.07) is 19.7. The van der Waals surface area contributed by atoms with Gasteiger partial charge in [-0.25, -0.2) is 0 Å². The largest absolute Gasteiger partial charge is 0.684 e. The number of thiocarbonyl (C=S) groups is 1. The minimum absolute atomic E-state index is 0. The fraction of sp³-hybridized carbons (Fsp3) is 0. The van der Waals surface area contributed by atoms with Crippen molar-refractivity contribution >= 4 is 29.2 Å². The zero-order valence-electron chi connectivity index (χ0n) is 10.8. The van der Waals surface area contributed by atoms with Crippen LogP contribution in [0.25, 0.3) is 5.73 Å². The van der Waals surface area contributed by atoms with Crippen LogP contribution in [0.1, 0.15) is 11.1 Å². The normalized spacial score (nSPS) is 7.63. The van der Waals surface area contributed by atoms with E-state index in [0.29, 0.717) is 0 Å². The predicted octanol–water partition coefficient (Wildman–Crippen LogP) is 4.99. The van der Waals surface area contributed by atoms with Crippen LogP contribution in [0.4, 0.5) is 0 Å². The van der Waals surface area contributed by atoms with Crippen molar-refractivity contribution in [2.45, 2.75) is 0 Å². The number of hydrogen-bond acceptors (Lipinski definition) is 1. The van der Waals surface area contributed by atoms with Crippen LogP contribution in [0.15, 0.2) is 60.7 Å². The fourth-order valence-corrected chi connectivity index (χ4v) is 0.956. The second-order valence-electron chi connectivity index (χ2n) is 3.28. The topological polar surface area (TPSA) is 23.8 Å². The molecule has 0 aliphatic heterocycles. The molecular weight excluding hydrogens is 324 g/mol. The standard InChI is InChI=1S/2C7H7.CH3NS2.Zn/c2*1-7-5-3-2-4-6-7;2-1(3)4;/h2*2-6H,1H2;(H3,2,3,4);/q2*-1;;/p-1. The van der Waals surface area contributed by atoms with Gasteiger partial charge in [0, 0.05) is 19.5 Å². The van der Waals surface area contributed by atoms with E-state index in [2.05, 4.69) is 38.7 Å². The summed E-state index contributed by atoms with van der Waals surface area (Å²) in [5.74, 6) is 0. The van der Waals surface area contributed by atoms with Gasteiger partial charge in [0.2, 0.25) is 0 Å². The Hall–Kier alpha value is -0.957. The summed E-state index contributed by atoms with van der Waals surface area (Å²) in [5.41, 5.74) is 8.32. The minimum Gasteiger partial charge on any atom is -0.684 e. The third-order valence-electron chi connectivity index (χ3n) is 1.69. The van der Waals surface area contributed by atoms with Gasteiger partial charge in [0.15, 0.2) is 0 Å². The summed E-state index contributed by atoms with van der Waals surface area (Å²) in [7, 11) is 0. The van der Waals surface area contributed by atoms with Crippen molar-refractivity contribution in [2.24, 2.45) is 0 Å². The van der Waals surface area contributed by atoms with Gasteiger partial charge in [-0.2, -0.15) is 61.9 Å². The molecule has 19 heavy (non-hydrogen) atoms. The Morgan fingerprint density at radius 1 is 0.842 bits per heavy atom. The molecule has 0 saturated carbocycles. The van der Waals surface area contributed by atoms with E-state index in [1.165, 1.54) is 0 Å². The molecule has 1 N–H and O–H groups in total. The van der Waals surface area contributed by atoms with Crippen LogP contribution in [-0.2, 0) is 19.5 Å². The van der Waals surface area contributed by atoms with Crippen molar-refractivity contribution in [3.05, 3.63) is 91.4 Å². The van der Waals surface area contributed by atoms with Crippen molar-refractivity contribution in [3.63, 3.8) is 0 Å². The first-order valence-corrected chi connectivity index (χ1v) is 6.06. The van der Waals surface area contributed by atoms with E-state index >= 15 is 0 Å². The SMILES string of the molecule is [CH2-]c1ccccc1.[CH2-]c1ccccc1.[NH-]C(=S)S.[Zn]. The van der Waals surface area contributed by atoms with Crippen molar-refractivity contribution in [1.82, 2.24) is 0 Å². The van der Waals surface area contributed by atoms with Gasteiger partial charge in [0.1, 0.15) is 0 Å². The molecule has 2 aromatic rings. The number of benzene rings is 2. The zero-order valence-corrected chi connectivity index (χ0v) is 15.4. The van der Waals surface area contributed by atoms with E-state index in [1.807, 2.05) is 60.7 Å². The molecule has 0 saturated heterocycles. The van der Waals surface area contributed by atoms with E-state index in [4.69, 9.17) is 5.73 Å². The zero-order chi connectivity index (χ0) is 13.8. The molecule has 0 aliphatic carbocycles. The number of thiol groups is 1. The summed E-state index contributed by atoms with van der Waals surface area (Å²) in [5, 5.41) is 0. The van der Waals surface area contributed by atoms with Gasteiger partial charge in [-0.15, -0.1) is 24.3 Å². The molecule has 98 valence electrons. The molecule has 0 fully saturated rings. The maximum Gasteiger partial charge on any atom is 0 e. The first-order chi connectivity index (χ1) is 8.52. The third-order valence-corrected chi connectivity index (χ3v) is 1.69. The van der Waals surface area contributed by atoms with Gasteiger partial charge in [-0.05, 0) is 4.32 Å². The van der Waals surface area contributed by atoms with Crippen LogP contribution in [0.3, 0.4) is 0 Å². The molecule has 1 nitrogen and oxygen atoms in total. The maximum atomic E-state index is 6.18. The molecule has 0 aromatic heterocycles. The third kappa shape index (κ3) is 17.0. The summed E-state index contributed by atoms with van der Waals surface area (Å²) >= 11 is 7.43. The van der Waals surface area contributed by atoms with Gasteiger partial charge in [0.05, 0.1) is 0 Å². The van der Waals surface area contributed by atoms with E-state index < -0.39 is 0 Å². The average molecular weight is 340 g/mol. The fourth-order valence-electron chi connectivity index (χ4n) is 0.956. The van der Waals surface area contributed by atoms with Crippen molar-refractivity contribution < 1.29 is 19.5 Å². The predicted molar refractivity (Wildman–Crippen MR) is 87.7 cm³/mol. The average Bonchev–Trinajstić information content (AvgIpc) is 2.31. The van der Waals surface area contributed by atoms with Gasteiger partial charge < -0.3 is 5.73 Å². The Morgan fingerprint density at radius 3 is 1.16 bits per heavy atom. The Kier molecular flexibility index (Phi) is 14.4. The molecule has 0 bridgehead atoms. The Balaban J connectivity index is 0. The minimum atomic E-state index is -0.0556. The molecule has 2 aromatic carbocycles. The van der Waals surface area contributed by atoms with Gasteiger partial charge >= 0.3 is 0 Å². The van der Waals surface area contributed by atoms with Crippen LogP contribution < -0.4 is 0 Å². The van der Waals surface area contributed by atoms with E-state index in [0.717, 1.165) is 11.1 Å². The van der Waals surface area contributed by atoms with Gasteiger partial charge in [-0.3, -0.25) is 0 Å². The Bertz CT molecular complexity index is 391. The molecule has 0 atom stereocenters. The van der Waals surface area contributed by atoms with Crippen LogP contribution in [0.5, 0.6) is 0 Å². The summed E-state index contributed by atoms with van der Waals surface area (Å²) in [6.45, 7) is 7.44. The molecule has 0 aliphatic rings. The van der Waals surface area contributed by atoms with Crippen molar-refractivity contribution in [2.75, 3.05) is 0 Å². The summed E-state index contributed by atoms with van der Waals surface area (Å²) in [6.07, 6.45) is 0. The van der Waals surface area contributed by atoms with Gasteiger partial charge in [-0.1, -0.05) is 24.4 Å². The first kappa shape index (κ1) is 20.4. The maximum absolute atomic E-state index is 6.18. The Morgan fingerprint density at radius 2 is 1.05 bits per heavy atom. The van der Waals surface area contributed by atoms with Crippen molar-refractivity contribution in [1.29, 1.82) is 0 Å². The quantitative estimate of drug-likeness (QED) is 0.311. The van der Waals surface area contributed by atoms with E-state index in [-0.39, 0.29) is 23.8 Å². The number of hydrogen-bond donors (Lipinski definition) is 1. The van der Waals surface area contributed by atoms with Crippen LogP contribution in [-0.4, -0.2) is 4.32 Å². The smallest absolute Gasteiger partial charge is 0 e. The van der Waals surface area contributed by atoms with Gasteiger partial charge in [0.25, 0.3) is 0 Å². The molecule has 0 unspecified atom stereocenters. The summed E-state index contributed by atoms with van der Waals surface area (Å²) < 4.78 is -0.0556. The summed E-state index contributed by atoms with van der Waals surface area (Å²) in [4.78, 5) is 0. The molecule has 0 spiro atoms. The number of rotatable bonds is 0. The van der Waals surface area contributed by atoms with Crippen molar-refractivity contribution in [3.8, 4) is 0 Å². The molecular formula is C15H16NS2Zn-3. The number of nitrogens with one attached hydrogen (secondary N) is 1. The van der Waals surface area contributed by atoms with E-state index in [9.17, 15) is 0 Å². The molecule has 0 heterocycles. The van der Waals surface area contributed by atoms with Crippen LogP contribution in [0, 0.1) is 13.8 Å². The molecule has 2 rings (SSSR count). The van der Waals surface area contributed by atoms with Crippen LogP contribution >= 0.6 is 24.8 Å². The molecule has 0 amide bonds. The van der Waals surface area contributed by atoms with E-state index in [1.54, 1.807) is 0 Å². The monoisotopic (exact) mass is 338 g/mol. The second-order valence-corrected chi connectivity index (χ2v) is 4.43. The molecule has 4 heteroatoms. The first-order valence-electron chi connectivity index (χ1n) is 5.21.